The lowest BCUT2D eigenvalue weighted by atomic mass is 10.1. The molecule has 2 rings (SSSR count). The lowest BCUT2D eigenvalue weighted by molar-refractivity contribution is 0.649. The molecular formula is C9H15N3S. The van der Waals surface area contributed by atoms with Gasteiger partial charge in [0.05, 0.1) is 6.04 Å². The van der Waals surface area contributed by atoms with Crippen LogP contribution in [0.1, 0.15) is 48.7 Å². The Morgan fingerprint density at radius 3 is 2.38 bits per heavy atom. The molecule has 72 valence electrons. The van der Waals surface area contributed by atoms with Crippen LogP contribution < -0.4 is 5.73 Å². The maximum atomic E-state index is 5.73. The SMILES string of the molecule is CC(N)c1nnc(C(C)C2CC2)s1. The van der Waals surface area contributed by atoms with Gasteiger partial charge < -0.3 is 5.73 Å². The Labute approximate surface area is 82.4 Å². The standard InChI is InChI=1S/C9H15N3S/c1-5(7-3-4-7)8-11-12-9(13-8)6(2)10/h5-7H,3-4,10H2,1-2H3. The molecule has 0 spiro atoms. The first-order chi connectivity index (χ1) is 6.18. The minimum Gasteiger partial charge on any atom is -0.322 e. The van der Waals surface area contributed by atoms with Crippen LogP contribution in [0.25, 0.3) is 0 Å². The lowest BCUT2D eigenvalue weighted by Crippen LogP contribution is -2.03. The minimum absolute atomic E-state index is 0.0256. The molecule has 3 nitrogen and oxygen atoms in total. The van der Waals surface area contributed by atoms with E-state index in [0.29, 0.717) is 5.92 Å². The summed E-state index contributed by atoms with van der Waals surface area (Å²) in [7, 11) is 0. The zero-order valence-electron chi connectivity index (χ0n) is 8.03. The van der Waals surface area contributed by atoms with Crippen molar-refractivity contribution in [2.45, 2.75) is 38.6 Å². The Hall–Kier alpha value is -0.480. The van der Waals surface area contributed by atoms with Crippen molar-refractivity contribution in [2.24, 2.45) is 11.7 Å². The van der Waals surface area contributed by atoms with Gasteiger partial charge in [0, 0.05) is 5.92 Å². The monoisotopic (exact) mass is 197 g/mol. The lowest BCUT2D eigenvalue weighted by Gasteiger charge is -2.02. The molecule has 2 unspecified atom stereocenters. The molecule has 2 atom stereocenters. The van der Waals surface area contributed by atoms with Gasteiger partial charge in [-0.2, -0.15) is 0 Å². The van der Waals surface area contributed by atoms with Crippen LogP contribution in [-0.4, -0.2) is 10.2 Å². The van der Waals surface area contributed by atoms with Gasteiger partial charge in [0.15, 0.2) is 0 Å². The molecule has 1 aromatic rings. The summed E-state index contributed by atoms with van der Waals surface area (Å²) in [6.07, 6.45) is 2.71. The number of nitrogens with zero attached hydrogens (tertiary/aromatic N) is 2. The molecule has 0 amide bonds. The molecule has 1 saturated carbocycles. The van der Waals surface area contributed by atoms with E-state index in [4.69, 9.17) is 5.73 Å². The first kappa shape index (κ1) is 9.09. The van der Waals surface area contributed by atoms with Crippen LogP contribution in [0.15, 0.2) is 0 Å². The smallest absolute Gasteiger partial charge is 0.133 e. The summed E-state index contributed by atoms with van der Waals surface area (Å²) in [6, 6.07) is 0.0256. The average Bonchev–Trinajstić information content (AvgIpc) is 2.81. The molecule has 4 heteroatoms. The summed E-state index contributed by atoms with van der Waals surface area (Å²) in [5.41, 5.74) is 5.73. The summed E-state index contributed by atoms with van der Waals surface area (Å²) >= 11 is 1.67. The Morgan fingerprint density at radius 2 is 1.92 bits per heavy atom. The van der Waals surface area contributed by atoms with Crippen molar-refractivity contribution in [2.75, 3.05) is 0 Å². The number of hydrogen-bond acceptors (Lipinski definition) is 4. The Bertz CT molecular complexity index is 291. The summed E-state index contributed by atoms with van der Waals surface area (Å²) in [5, 5.41) is 10.4. The van der Waals surface area contributed by atoms with Gasteiger partial charge in [0.2, 0.25) is 0 Å². The van der Waals surface area contributed by atoms with Crippen molar-refractivity contribution in [3.05, 3.63) is 10.0 Å². The zero-order valence-corrected chi connectivity index (χ0v) is 8.84. The van der Waals surface area contributed by atoms with E-state index in [0.717, 1.165) is 15.9 Å². The van der Waals surface area contributed by atoms with Crippen LogP contribution >= 0.6 is 11.3 Å². The van der Waals surface area contributed by atoms with Crippen LogP contribution in [0.5, 0.6) is 0 Å². The zero-order chi connectivity index (χ0) is 9.42. The van der Waals surface area contributed by atoms with Crippen LogP contribution in [0, 0.1) is 5.92 Å². The van der Waals surface area contributed by atoms with Gasteiger partial charge in [-0.05, 0) is 25.7 Å². The highest BCUT2D eigenvalue weighted by Crippen LogP contribution is 2.43. The second-order valence-corrected chi connectivity index (χ2v) is 4.93. The second kappa shape index (κ2) is 3.35. The Balaban J connectivity index is 2.11. The summed E-state index contributed by atoms with van der Waals surface area (Å²) in [4.78, 5) is 0. The molecule has 0 radical (unpaired) electrons. The third-order valence-electron chi connectivity index (χ3n) is 2.56. The summed E-state index contributed by atoms with van der Waals surface area (Å²) in [6.45, 7) is 4.19. The normalized spacial score (nSPS) is 21.5. The Kier molecular flexibility index (Phi) is 2.34. The molecule has 2 N–H and O–H groups in total. The van der Waals surface area contributed by atoms with Gasteiger partial charge in [0.1, 0.15) is 10.0 Å². The molecule has 1 heterocycles. The average molecular weight is 197 g/mol. The number of hydrogen-bond donors (Lipinski definition) is 1. The highest BCUT2D eigenvalue weighted by molar-refractivity contribution is 7.11. The largest absolute Gasteiger partial charge is 0.322 e. The van der Waals surface area contributed by atoms with Gasteiger partial charge >= 0.3 is 0 Å². The topological polar surface area (TPSA) is 51.8 Å². The van der Waals surface area contributed by atoms with E-state index < -0.39 is 0 Å². The molecule has 13 heavy (non-hydrogen) atoms. The van der Waals surface area contributed by atoms with E-state index in [1.165, 1.54) is 12.8 Å². The third kappa shape index (κ3) is 1.89. The summed E-state index contributed by atoms with van der Waals surface area (Å²) in [5.74, 6) is 1.44. The van der Waals surface area contributed by atoms with Gasteiger partial charge in [-0.25, -0.2) is 0 Å². The molecule has 0 saturated heterocycles. The predicted octanol–water partition coefficient (Wildman–Crippen LogP) is 2.07. The first-order valence-electron chi connectivity index (χ1n) is 4.77. The summed E-state index contributed by atoms with van der Waals surface area (Å²) < 4.78 is 0. The van der Waals surface area contributed by atoms with E-state index in [-0.39, 0.29) is 6.04 Å². The second-order valence-electron chi connectivity index (χ2n) is 3.89. The van der Waals surface area contributed by atoms with Crippen molar-refractivity contribution in [1.29, 1.82) is 0 Å². The van der Waals surface area contributed by atoms with Crippen LogP contribution in [0.3, 0.4) is 0 Å². The highest BCUT2D eigenvalue weighted by Gasteiger charge is 2.31. The van der Waals surface area contributed by atoms with Gasteiger partial charge in [-0.1, -0.05) is 18.3 Å². The highest BCUT2D eigenvalue weighted by atomic mass is 32.1. The molecule has 0 bridgehead atoms. The fraction of sp³-hybridized carbons (Fsp3) is 0.778. The molecule has 1 aliphatic rings. The molecular weight excluding hydrogens is 182 g/mol. The molecule has 1 fully saturated rings. The number of aromatic nitrogens is 2. The van der Waals surface area contributed by atoms with Crippen molar-refractivity contribution < 1.29 is 0 Å². The van der Waals surface area contributed by atoms with Crippen LogP contribution in [0.4, 0.5) is 0 Å². The first-order valence-corrected chi connectivity index (χ1v) is 5.59. The quantitative estimate of drug-likeness (QED) is 0.807. The molecule has 1 aliphatic carbocycles. The fourth-order valence-corrected chi connectivity index (χ4v) is 2.35. The van der Waals surface area contributed by atoms with E-state index in [1.807, 2.05) is 6.92 Å². The minimum atomic E-state index is 0.0256. The maximum Gasteiger partial charge on any atom is 0.133 e. The van der Waals surface area contributed by atoms with Crippen molar-refractivity contribution in [3.8, 4) is 0 Å². The van der Waals surface area contributed by atoms with Crippen molar-refractivity contribution in [1.82, 2.24) is 10.2 Å². The van der Waals surface area contributed by atoms with Gasteiger partial charge in [0.25, 0.3) is 0 Å². The predicted molar refractivity (Wildman–Crippen MR) is 53.7 cm³/mol. The fourth-order valence-electron chi connectivity index (χ4n) is 1.41. The van der Waals surface area contributed by atoms with Crippen LogP contribution in [0.2, 0.25) is 0 Å². The van der Waals surface area contributed by atoms with E-state index >= 15 is 0 Å². The Morgan fingerprint density at radius 1 is 1.31 bits per heavy atom. The van der Waals surface area contributed by atoms with Crippen molar-refractivity contribution in [3.63, 3.8) is 0 Å². The van der Waals surface area contributed by atoms with E-state index in [2.05, 4.69) is 17.1 Å². The molecule has 1 aromatic heterocycles. The van der Waals surface area contributed by atoms with Gasteiger partial charge in [-0.3, -0.25) is 0 Å². The molecule has 0 aromatic carbocycles. The van der Waals surface area contributed by atoms with E-state index in [1.54, 1.807) is 11.3 Å². The number of rotatable bonds is 3. The van der Waals surface area contributed by atoms with Gasteiger partial charge in [-0.15, -0.1) is 10.2 Å². The molecule has 0 aliphatic heterocycles. The van der Waals surface area contributed by atoms with E-state index in [9.17, 15) is 0 Å². The maximum absolute atomic E-state index is 5.73. The van der Waals surface area contributed by atoms with Crippen LogP contribution in [-0.2, 0) is 0 Å². The third-order valence-corrected chi connectivity index (χ3v) is 3.89. The van der Waals surface area contributed by atoms with Crippen molar-refractivity contribution >= 4 is 11.3 Å². The number of nitrogens with two attached hydrogens (primary N) is 1.